The van der Waals surface area contributed by atoms with Crippen molar-refractivity contribution in [3.05, 3.63) is 70.9 Å². The summed E-state index contributed by atoms with van der Waals surface area (Å²) in [4.78, 5) is 17.2. The van der Waals surface area contributed by atoms with Crippen LogP contribution in [-0.2, 0) is 5.60 Å². The Morgan fingerprint density at radius 2 is 1.90 bits per heavy atom. The molecule has 1 amide bonds. The maximum Gasteiger partial charge on any atom is 0.270 e. The molecular weight excluding hydrogens is 362 g/mol. The summed E-state index contributed by atoms with van der Waals surface area (Å²) in [6.07, 6.45) is 0. The van der Waals surface area contributed by atoms with Crippen molar-refractivity contribution in [1.29, 1.82) is 0 Å². The average Bonchev–Trinajstić information content (AvgIpc) is 2.68. The lowest BCUT2D eigenvalue weighted by Crippen LogP contribution is -2.27. The molecule has 0 aliphatic heterocycles. The lowest BCUT2D eigenvalue weighted by Gasteiger charge is -2.18. The van der Waals surface area contributed by atoms with Crippen molar-refractivity contribution in [1.82, 2.24) is 10.3 Å². The number of pyridine rings is 1. The van der Waals surface area contributed by atoms with Gasteiger partial charge in [0.25, 0.3) is 5.91 Å². The van der Waals surface area contributed by atoms with Gasteiger partial charge in [-0.2, -0.15) is 0 Å². The van der Waals surface area contributed by atoms with E-state index < -0.39 is 5.60 Å². The smallest absolute Gasteiger partial charge is 0.270 e. The van der Waals surface area contributed by atoms with Gasteiger partial charge < -0.3 is 15.7 Å². The van der Waals surface area contributed by atoms with E-state index in [0.717, 1.165) is 39.8 Å². The topological polar surface area (TPSA) is 74.2 Å². The first kappa shape index (κ1) is 20.8. The zero-order valence-electron chi connectivity index (χ0n) is 17.7. The highest BCUT2D eigenvalue weighted by atomic mass is 16.3. The Bertz CT molecular complexity index is 1040. The first-order valence-electron chi connectivity index (χ1n) is 9.98. The summed E-state index contributed by atoms with van der Waals surface area (Å²) in [5, 5.41) is 17.4. The molecule has 0 aliphatic carbocycles. The molecule has 29 heavy (non-hydrogen) atoms. The number of carbonyl (C=O) groups excluding carboxylic acids is 1. The van der Waals surface area contributed by atoms with Crippen molar-refractivity contribution < 1.29 is 9.90 Å². The molecule has 152 valence electrons. The van der Waals surface area contributed by atoms with Gasteiger partial charge in [0.1, 0.15) is 5.69 Å². The van der Waals surface area contributed by atoms with Gasteiger partial charge in [-0.25, -0.2) is 4.98 Å². The van der Waals surface area contributed by atoms with E-state index in [1.807, 2.05) is 43.3 Å². The molecule has 0 aliphatic rings. The van der Waals surface area contributed by atoms with Crippen LogP contribution in [0.25, 0.3) is 10.9 Å². The SMILES string of the molecule is CCNc1ccc([C@@H](C)NC(=O)c2ccc3cc(C(C)(C)O)ccc3n2)cc1C. The Balaban J connectivity index is 1.77. The number of rotatable bonds is 6. The minimum absolute atomic E-state index is 0.132. The first-order valence-corrected chi connectivity index (χ1v) is 9.98. The molecule has 0 fully saturated rings. The van der Waals surface area contributed by atoms with Crippen molar-refractivity contribution in [3.8, 4) is 0 Å². The summed E-state index contributed by atoms with van der Waals surface area (Å²) >= 11 is 0. The Kier molecular flexibility index (Phi) is 5.89. The fourth-order valence-corrected chi connectivity index (χ4v) is 3.33. The van der Waals surface area contributed by atoms with Gasteiger partial charge in [-0.1, -0.05) is 24.3 Å². The fourth-order valence-electron chi connectivity index (χ4n) is 3.33. The second-order valence-electron chi connectivity index (χ2n) is 7.96. The van der Waals surface area contributed by atoms with Gasteiger partial charge in [0, 0.05) is 17.6 Å². The molecule has 1 atom stereocenters. The number of aromatic nitrogens is 1. The Labute approximate surface area is 172 Å². The second-order valence-corrected chi connectivity index (χ2v) is 7.96. The molecule has 0 saturated heterocycles. The van der Waals surface area contributed by atoms with Gasteiger partial charge in [0.05, 0.1) is 17.2 Å². The highest BCUT2D eigenvalue weighted by Crippen LogP contribution is 2.24. The quantitative estimate of drug-likeness (QED) is 0.570. The van der Waals surface area contributed by atoms with Crippen LogP contribution >= 0.6 is 0 Å². The molecular formula is C24H29N3O2. The lowest BCUT2D eigenvalue weighted by molar-refractivity contribution is 0.0787. The number of nitrogens with zero attached hydrogens (tertiary/aromatic N) is 1. The van der Waals surface area contributed by atoms with Gasteiger partial charge in [-0.3, -0.25) is 4.79 Å². The summed E-state index contributed by atoms with van der Waals surface area (Å²) < 4.78 is 0. The third-order valence-corrected chi connectivity index (χ3v) is 5.09. The highest BCUT2D eigenvalue weighted by molar-refractivity contribution is 5.95. The van der Waals surface area contributed by atoms with E-state index in [2.05, 4.69) is 35.5 Å². The largest absolute Gasteiger partial charge is 0.386 e. The van der Waals surface area contributed by atoms with Crippen LogP contribution in [0.2, 0.25) is 0 Å². The molecule has 3 N–H and O–H groups in total. The molecule has 1 aromatic heterocycles. The molecule has 3 rings (SSSR count). The zero-order chi connectivity index (χ0) is 21.2. The molecule has 1 heterocycles. The Hall–Kier alpha value is -2.92. The molecule has 0 unspecified atom stereocenters. The second kappa shape index (κ2) is 8.21. The van der Waals surface area contributed by atoms with E-state index in [0.29, 0.717) is 5.69 Å². The maximum absolute atomic E-state index is 12.7. The average molecular weight is 392 g/mol. The van der Waals surface area contributed by atoms with Crippen molar-refractivity contribution in [2.24, 2.45) is 0 Å². The summed E-state index contributed by atoms with van der Waals surface area (Å²) in [6.45, 7) is 10.5. The number of amides is 1. The Morgan fingerprint density at radius 1 is 1.14 bits per heavy atom. The summed E-state index contributed by atoms with van der Waals surface area (Å²) in [6, 6.07) is 15.2. The van der Waals surface area contributed by atoms with Gasteiger partial charge in [-0.05, 0) is 75.6 Å². The van der Waals surface area contributed by atoms with Crippen LogP contribution in [0.4, 0.5) is 5.69 Å². The highest BCUT2D eigenvalue weighted by Gasteiger charge is 2.17. The number of aryl methyl sites for hydroxylation is 1. The molecule has 3 aromatic rings. The van der Waals surface area contributed by atoms with E-state index in [1.54, 1.807) is 19.9 Å². The van der Waals surface area contributed by atoms with E-state index >= 15 is 0 Å². The van der Waals surface area contributed by atoms with E-state index in [1.165, 1.54) is 0 Å². The number of nitrogens with one attached hydrogen (secondary N) is 2. The number of hydrogen-bond donors (Lipinski definition) is 3. The van der Waals surface area contributed by atoms with Crippen LogP contribution in [0.5, 0.6) is 0 Å². The van der Waals surface area contributed by atoms with Crippen molar-refractivity contribution in [2.75, 3.05) is 11.9 Å². The summed E-state index contributed by atoms with van der Waals surface area (Å²) in [5.74, 6) is -0.209. The maximum atomic E-state index is 12.7. The standard InChI is InChI=1S/C24H29N3O2/c1-6-25-20-10-7-17(13-15(20)2)16(3)26-23(28)22-11-8-18-14-19(24(4,5)29)9-12-21(18)27-22/h7-14,16,25,29H,6H2,1-5H3,(H,26,28)/t16-/m1/s1. The van der Waals surface area contributed by atoms with Gasteiger partial charge in [0.15, 0.2) is 0 Å². The van der Waals surface area contributed by atoms with Gasteiger partial charge in [-0.15, -0.1) is 0 Å². The molecule has 0 radical (unpaired) electrons. The minimum Gasteiger partial charge on any atom is -0.386 e. The van der Waals surface area contributed by atoms with Crippen LogP contribution in [0.15, 0.2) is 48.5 Å². The molecule has 5 heteroatoms. The lowest BCUT2D eigenvalue weighted by atomic mass is 9.97. The number of aliphatic hydroxyl groups is 1. The molecule has 2 aromatic carbocycles. The third kappa shape index (κ3) is 4.74. The van der Waals surface area contributed by atoms with Crippen LogP contribution in [0, 0.1) is 6.92 Å². The van der Waals surface area contributed by atoms with Gasteiger partial charge >= 0.3 is 0 Å². The molecule has 0 spiro atoms. The number of benzene rings is 2. The van der Waals surface area contributed by atoms with Crippen LogP contribution in [0.1, 0.15) is 60.9 Å². The van der Waals surface area contributed by atoms with Gasteiger partial charge in [0.2, 0.25) is 0 Å². The number of carbonyl (C=O) groups is 1. The van der Waals surface area contributed by atoms with E-state index in [-0.39, 0.29) is 11.9 Å². The van der Waals surface area contributed by atoms with Crippen molar-refractivity contribution >= 4 is 22.5 Å². The van der Waals surface area contributed by atoms with Crippen LogP contribution in [-0.4, -0.2) is 22.5 Å². The fraction of sp³-hybridized carbons (Fsp3) is 0.333. The van der Waals surface area contributed by atoms with Crippen LogP contribution < -0.4 is 10.6 Å². The van der Waals surface area contributed by atoms with E-state index in [4.69, 9.17) is 0 Å². The monoisotopic (exact) mass is 391 g/mol. The predicted molar refractivity (Wildman–Crippen MR) is 118 cm³/mol. The number of fused-ring (bicyclic) bond motifs is 1. The minimum atomic E-state index is -0.917. The third-order valence-electron chi connectivity index (χ3n) is 5.09. The van der Waals surface area contributed by atoms with Crippen LogP contribution in [0.3, 0.4) is 0 Å². The first-order chi connectivity index (χ1) is 13.7. The van der Waals surface area contributed by atoms with Crippen molar-refractivity contribution in [2.45, 2.75) is 46.3 Å². The summed E-state index contributed by atoms with van der Waals surface area (Å²) in [5.41, 5.74) is 4.31. The van der Waals surface area contributed by atoms with Crippen molar-refractivity contribution in [3.63, 3.8) is 0 Å². The molecule has 0 bridgehead atoms. The number of hydrogen-bond acceptors (Lipinski definition) is 4. The molecule has 0 saturated carbocycles. The predicted octanol–water partition coefficient (Wildman–Crippen LogP) is 4.69. The zero-order valence-corrected chi connectivity index (χ0v) is 17.7. The van der Waals surface area contributed by atoms with E-state index in [9.17, 15) is 9.90 Å². The summed E-state index contributed by atoms with van der Waals surface area (Å²) in [7, 11) is 0. The normalized spacial score (nSPS) is 12.6. The number of anilines is 1. The molecule has 5 nitrogen and oxygen atoms in total. The Morgan fingerprint density at radius 3 is 2.55 bits per heavy atom.